The molecule has 0 radical (unpaired) electrons. The van der Waals surface area contributed by atoms with Crippen molar-refractivity contribution in [2.24, 2.45) is 4.99 Å². The van der Waals surface area contributed by atoms with Gasteiger partial charge in [-0.1, -0.05) is 30.3 Å². The van der Waals surface area contributed by atoms with Crippen LogP contribution in [0.2, 0.25) is 0 Å². The molecule has 0 unspecified atom stereocenters. The number of H-pyrrole nitrogens is 1. The van der Waals surface area contributed by atoms with E-state index in [0.717, 1.165) is 25.3 Å². The van der Waals surface area contributed by atoms with E-state index in [1.807, 2.05) is 12.1 Å². The van der Waals surface area contributed by atoms with Gasteiger partial charge in [0.2, 0.25) is 5.91 Å². The maximum atomic E-state index is 13.5. The molecule has 1 aromatic carbocycles. The van der Waals surface area contributed by atoms with Crippen molar-refractivity contribution >= 4 is 17.2 Å². The van der Waals surface area contributed by atoms with Crippen LogP contribution in [0.1, 0.15) is 60.9 Å². The quantitative estimate of drug-likeness (QED) is 0.824. The van der Waals surface area contributed by atoms with Crippen LogP contribution in [-0.4, -0.2) is 16.6 Å². The number of aromatic nitrogens is 1. The first-order valence-electron chi connectivity index (χ1n) is 9.36. The van der Waals surface area contributed by atoms with Gasteiger partial charge in [0.15, 0.2) is 0 Å². The van der Waals surface area contributed by atoms with Crippen LogP contribution in [0.5, 0.6) is 0 Å². The number of carbonyl (C=O) groups is 1. The molecular weight excluding hydrogens is 362 g/mol. The topological polar surface area (TPSA) is 62.3 Å². The summed E-state index contributed by atoms with van der Waals surface area (Å²) in [6.45, 7) is 0.853. The van der Waals surface area contributed by atoms with E-state index < -0.39 is 5.92 Å². The lowest BCUT2D eigenvalue weighted by Crippen LogP contribution is -2.14. The van der Waals surface area contributed by atoms with Gasteiger partial charge in [-0.2, -0.15) is 0 Å². The molecule has 28 heavy (non-hydrogen) atoms. The first-order chi connectivity index (χ1) is 13.3. The molecule has 1 aliphatic heterocycles. The van der Waals surface area contributed by atoms with Gasteiger partial charge in [-0.25, -0.2) is 13.8 Å². The zero-order valence-electron chi connectivity index (χ0n) is 15.5. The minimum Gasteiger partial charge on any atom is -0.322 e. The standard InChI is InChI=1S/C22H20F2N2O2/c1-22(23,24)15-6-4-14(5-7-15)18(12-16-8-11-20(27)25-16)19-10-9-17(13-2-3-13)21(28)26-19/h4-7,9-10,12-13H,2-3,8,11H2,1H3,(H,26,28)/b18-12-. The highest BCUT2D eigenvalue weighted by Crippen LogP contribution is 2.38. The summed E-state index contributed by atoms with van der Waals surface area (Å²) in [5.41, 5.74) is 3.08. The van der Waals surface area contributed by atoms with Crippen LogP contribution in [0.15, 0.2) is 52.3 Å². The van der Waals surface area contributed by atoms with Crippen molar-refractivity contribution < 1.29 is 13.6 Å². The highest BCUT2D eigenvalue weighted by molar-refractivity contribution is 6.12. The Kier molecular flexibility index (Phi) is 4.57. The zero-order valence-corrected chi connectivity index (χ0v) is 15.5. The number of hydrogen-bond acceptors (Lipinski definition) is 2. The SMILES string of the molecule is CC(F)(F)c1ccc(/C(=C/C2=NC(=O)CC2)c2ccc(C3CC3)c(=O)[nH]2)cc1. The number of carbonyl (C=O) groups excluding carboxylic acids is 1. The number of rotatable bonds is 5. The minimum atomic E-state index is -2.93. The fourth-order valence-electron chi connectivity index (χ4n) is 3.39. The highest BCUT2D eigenvalue weighted by Gasteiger charge is 2.27. The molecule has 4 rings (SSSR count). The van der Waals surface area contributed by atoms with E-state index in [0.29, 0.717) is 41.3 Å². The predicted molar refractivity (Wildman–Crippen MR) is 104 cm³/mol. The number of halogens is 2. The van der Waals surface area contributed by atoms with Crippen LogP contribution in [0.25, 0.3) is 5.57 Å². The summed E-state index contributed by atoms with van der Waals surface area (Å²) in [6, 6.07) is 9.62. The molecule has 144 valence electrons. The predicted octanol–water partition coefficient (Wildman–Crippen LogP) is 4.56. The normalized spacial score (nSPS) is 17.8. The van der Waals surface area contributed by atoms with Gasteiger partial charge in [0.05, 0.1) is 0 Å². The molecule has 2 heterocycles. The summed E-state index contributed by atoms with van der Waals surface area (Å²) in [6.07, 6.45) is 4.69. The molecular formula is C22H20F2N2O2. The summed E-state index contributed by atoms with van der Waals surface area (Å²) >= 11 is 0. The van der Waals surface area contributed by atoms with E-state index in [1.54, 1.807) is 18.2 Å². The largest absolute Gasteiger partial charge is 0.322 e. The molecule has 0 bridgehead atoms. The maximum absolute atomic E-state index is 13.5. The number of aromatic amines is 1. The average molecular weight is 382 g/mol. The number of alkyl halides is 2. The van der Waals surface area contributed by atoms with Crippen LogP contribution < -0.4 is 5.56 Å². The molecule has 2 aromatic rings. The molecule has 2 aliphatic rings. The monoisotopic (exact) mass is 382 g/mol. The van der Waals surface area contributed by atoms with Crippen LogP contribution in [-0.2, 0) is 10.7 Å². The molecule has 1 aromatic heterocycles. The molecule has 1 N–H and O–H groups in total. The summed E-state index contributed by atoms with van der Waals surface area (Å²) in [5, 5.41) is 0. The Bertz CT molecular complexity index is 1040. The van der Waals surface area contributed by atoms with Crippen molar-refractivity contribution in [3.63, 3.8) is 0 Å². The Labute approximate surface area is 161 Å². The van der Waals surface area contributed by atoms with Gasteiger partial charge in [-0.15, -0.1) is 0 Å². The lowest BCUT2D eigenvalue weighted by molar-refractivity contribution is -0.117. The number of nitrogens with zero attached hydrogens (tertiary/aromatic N) is 1. The van der Waals surface area contributed by atoms with Gasteiger partial charge >= 0.3 is 0 Å². The molecule has 0 saturated heterocycles. The molecule has 1 fully saturated rings. The number of pyridine rings is 1. The van der Waals surface area contributed by atoms with E-state index in [9.17, 15) is 18.4 Å². The third kappa shape index (κ3) is 3.86. The Hall–Kier alpha value is -2.89. The molecule has 1 amide bonds. The molecule has 0 spiro atoms. The van der Waals surface area contributed by atoms with Crippen LogP contribution >= 0.6 is 0 Å². The lowest BCUT2D eigenvalue weighted by Gasteiger charge is -2.13. The van der Waals surface area contributed by atoms with Gasteiger partial charge < -0.3 is 4.98 Å². The second-order valence-electron chi connectivity index (χ2n) is 7.45. The van der Waals surface area contributed by atoms with Crippen molar-refractivity contribution in [2.75, 3.05) is 0 Å². The highest BCUT2D eigenvalue weighted by atomic mass is 19.3. The van der Waals surface area contributed by atoms with Gasteiger partial charge in [-0.3, -0.25) is 9.59 Å². The van der Waals surface area contributed by atoms with E-state index in [-0.39, 0.29) is 17.0 Å². The Balaban J connectivity index is 1.77. The fraction of sp³-hybridized carbons (Fsp3) is 0.318. The Morgan fingerprint density at radius 3 is 2.36 bits per heavy atom. The lowest BCUT2D eigenvalue weighted by atomic mass is 9.97. The van der Waals surface area contributed by atoms with Gasteiger partial charge in [0.1, 0.15) is 0 Å². The van der Waals surface area contributed by atoms with Crippen molar-refractivity contribution in [2.45, 2.75) is 44.4 Å². The minimum absolute atomic E-state index is 0.0819. The number of aliphatic imine (C=N–C) groups is 1. The van der Waals surface area contributed by atoms with Gasteiger partial charge in [0.25, 0.3) is 11.5 Å². The van der Waals surface area contributed by atoms with Crippen LogP contribution in [0.4, 0.5) is 8.78 Å². The van der Waals surface area contributed by atoms with Crippen molar-refractivity contribution in [3.05, 3.63) is 75.2 Å². The van der Waals surface area contributed by atoms with E-state index >= 15 is 0 Å². The van der Waals surface area contributed by atoms with Crippen LogP contribution in [0.3, 0.4) is 0 Å². The second-order valence-corrected chi connectivity index (χ2v) is 7.45. The molecule has 1 aliphatic carbocycles. The number of benzene rings is 1. The molecule has 1 saturated carbocycles. The second kappa shape index (κ2) is 6.93. The van der Waals surface area contributed by atoms with Crippen LogP contribution in [0, 0.1) is 0 Å². The Morgan fingerprint density at radius 1 is 1.11 bits per heavy atom. The molecule has 0 atom stereocenters. The summed E-state index contributed by atoms with van der Waals surface area (Å²) in [4.78, 5) is 30.9. The summed E-state index contributed by atoms with van der Waals surface area (Å²) in [7, 11) is 0. The number of amides is 1. The number of allylic oxidation sites excluding steroid dienone is 1. The van der Waals surface area contributed by atoms with E-state index in [1.165, 1.54) is 12.1 Å². The average Bonchev–Trinajstić information content (AvgIpc) is 3.40. The Morgan fingerprint density at radius 2 is 1.82 bits per heavy atom. The van der Waals surface area contributed by atoms with E-state index in [4.69, 9.17) is 0 Å². The summed E-state index contributed by atoms with van der Waals surface area (Å²) < 4.78 is 27.1. The van der Waals surface area contributed by atoms with Crippen molar-refractivity contribution in [3.8, 4) is 0 Å². The third-order valence-corrected chi connectivity index (χ3v) is 5.12. The van der Waals surface area contributed by atoms with E-state index in [2.05, 4.69) is 9.98 Å². The van der Waals surface area contributed by atoms with Crippen molar-refractivity contribution in [1.29, 1.82) is 0 Å². The van der Waals surface area contributed by atoms with Gasteiger partial charge in [-0.05, 0) is 42.9 Å². The van der Waals surface area contributed by atoms with Crippen molar-refractivity contribution in [1.82, 2.24) is 4.98 Å². The summed E-state index contributed by atoms with van der Waals surface area (Å²) in [5.74, 6) is -2.78. The van der Waals surface area contributed by atoms with Gasteiger partial charge in [0, 0.05) is 41.5 Å². The zero-order chi connectivity index (χ0) is 19.9. The number of hydrogen-bond donors (Lipinski definition) is 1. The smallest absolute Gasteiger partial charge is 0.270 e. The first-order valence-corrected chi connectivity index (χ1v) is 9.36. The molecule has 6 heteroatoms. The first kappa shape index (κ1) is 18.5. The number of nitrogens with one attached hydrogen (secondary N) is 1. The third-order valence-electron chi connectivity index (χ3n) is 5.12. The fourth-order valence-corrected chi connectivity index (χ4v) is 3.39. The molecule has 4 nitrogen and oxygen atoms in total. The maximum Gasteiger partial charge on any atom is 0.270 e.